The Morgan fingerprint density at radius 3 is 2.69 bits per heavy atom. The van der Waals surface area contributed by atoms with E-state index in [4.69, 9.17) is 4.99 Å². The van der Waals surface area contributed by atoms with Crippen molar-refractivity contribution in [3.05, 3.63) is 89.3 Å². The summed E-state index contributed by atoms with van der Waals surface area (Å²) in [6.07, 6.45) is 10.9. The average Bonchev–Trinajstić information content (AvgIpc) is 3.02. The second kappa shape index (κ2) is 6.97. The molecule has 26 heavy (non-hydrogen) atoms. The normalized spacial score (nSPS) is 13.9. The van der Waals surface area contributed by atoms with Crippen molar-refractivity contribution in [2.24, 2.45) is 4.99 Å². The lowest BCUT2D eigenvalue weighted by Gasteiger charge is -2.15. The summed E-state index contributed by atoms with van der Waals surface area (Å²) < 4.78 is 2.33. The van der Waals surface area contributed by atoms with Crippen LogP contribution in [0.15, 0.2) is 71.9 Å². The Morgan fingerprint density at radius 2 is 1.81 bits per heavy atom. The molecule has 0 fully saturated rings. The third-order valence-electron chi connectivity index (χ3n) is 5.24. The maximum Gasteiger partial charge on any atom is 0.0902 e. The molecule has 0 atom stereocenters. The van der Waals surface area contributed by atoms with Crippen LogP contribution < -0.4 is 0 Å². The van der Waals surface area contributed by atoms with Gasteiger partial charge in [-0.15, -0.1) is 12.4 Å². The Bertz CT molecular complexity index is 996. The Labute approximate surface area is 160 Å². The van der Waals surface area contributed by atoms with E-state index in [1.54, 1.807) is 0 Å². The minimum atomic E-state index is 0. The molecule has 0 saturated heterocycles. The number of hydrogen-bond donors (Lipinski definition) is 0. The van der Waals surface area contributed by atoms with Gasteiger partial charge in [-0.1, -0.05) is 48.5 Å². The van der Waals surface area contributed by atoms with Crippen LogP contribution in [0.4, 0.5) is 5.69 Å². The largest absolute Gasteiger partial charge is 0.314 e. The molecule has 5 rings (SSSR count). The third kappa shape index (κ3) is 2.81. The van der Waals surface area contributed by atoms with Crippen LogP contribution in [0.1, 0.15) is 28.8 Å². The fraction of sp³-hybridized carbons (Fsp3) is 0.174. The summed E-state index contributed by atoms with van der Waals surface area (Å²) in [6, 6.07) is 19.5. The lowest BCUT2D eigenvalue weighted by Crippen LogP contribution is -2.04. The van der Waals surface area contributed by atoms with Crippen LogP contribution in [0, 0.1) is 0 Å². The fourth-order valence-electron chi connectivity index (χ4n) is 3.97. The summed E-state index contributed by atoms with van der Waals surface area (Å²) >= 11 is 0. The maximum absolute atomic E-state index is 4.90. The van der Waals surface area contributed by atoms with Crippen LogP contribution in [0.5, 0.6) is 0 Å². The zero-order chi connectivity index (χ0) is 16.6. The summed E-state index contributed by atoms with van der Waals surface area (Å²) in [7, 11) is 0. The molecule has 0 radical (unpaired) electrons. The number of allylic oxidation sites excluding steroid dienone is 2. The summed E-state index contributed by atoms with van der Waals surface area (Å²) in [4.78, 5) is 4.90. The maximum atomic E-state index is 4.90. The number of fused-ring (bicyclic) bond motifs is 2. The van der Waals surface area contributed by atoms with Crippen molar-refractivity contribution in [2.45, 2.75) is 25.7 Å². The van der Waals surface area contributed by atoms with Crippen molar-refractivity contribution < 1.29 is 0 Å². The number of halogens is 1. The van der Waals surface area contributed by atoms with Gasteiger partial charge < -0.3 is 4.57 Å². The monoisotopic (exact) mass is 360 g/mol. The molecule has 1 aromatic heterocycles. The smallest absolute Gasteiger partial charge is 0.0902 e. The van der Waals surface area contributed by atoms with Crippen LogP contribution in [-0.4, -0.2) is 10.8 Å². The van der Waals surface area contributed by atoms with E-state index >= 15 is 0 Å². The van der Waals surface area contributed by atoms with Gasteiger partial charge in [0.15, 0.2) is 0 Å². The lowest BCUT2D eigenvalue weighted by molar-refractivity contribution is 0.942. The number of rotatable bonds is 3. The van der Waals surface area contributed by atoms with Crippen LogP contribution in [0.25, 0.3) is 11.3 Å². The predicted octanol–water partition coefficient (Wildman–Crippen LogP) is 5.73. The molecule has 1 aliphatic carbocycles. The van der Waals surface area contributed by atoms with Crippen LogP contribution in [0.2, 0.25) is 0 Å². The van der Waals surface area contributed by atoms with E-state index in [-0.39, 0.29) is 12.4 Å². The van der Waals surface area contributed by atoms with E-state index in [9.17, 15) is 0 Å². The number of benzene rings is 2. The minimum absolute atomic E-state index is 0. The second-order valence-corrected chi connectivity index (χ2v) is 6.79. The fourth-order valence-corrected chi connectivity index (χ4v) is 3.97. The molecule has 0 bridgehead atoms. The van der Waals surface area contributed by atoms with E-state index in [2.05, 4.69) is 77.7 Å². The predicted molar refractivity (Wildman–Crippen MR) is 111 cm³/mol. The molecule has 0 N–H and O–H groups in total. The highest BCUT2D eigenvalue weighted by Gasteiger charge is 2.21. The molecule has 130 valence electrons. The van der Waals surface area contributed by atoms with Gasteiger partial charge in [0.1, 0.15) is 0 Å². The molecular formula is C23H21ClN2. The van der Waals surface area contributed by atoms with Crippen molar-refractivity contribution in [1.82, 2.24) is 4.57 Å². The van der Waals surface area contributed by atoms with Gasteiger partial charge in [0.25, 0.3) is 0 Å². The van der Waals surface area contributed by atoms with E-state index in [1.807, 2.05) is 0 Å². The molecule has 2 heterocycles. The first-order chi connectivity index (χ1) is 12.4. The second-order valence-electron chi connectivity index (χ2n) is 6.79. The van der Waals surface area contributed by atoms with Crippen molar-refractivity contribution in [3.63, 3.8) is 0 Å². The van der Waals surface area contributed by atoms with Gasteiger partial charge in [-0.3, -0.25) is 4.99 Å². The molecule has 1 aliphatic heterocycles. The van der Waals surface area contributed by atoms with Crippen LogP contribution in [-0.2, 0) is 19.3 Å². The first-order valence-electron chi connectivity index (χ1n) is 9.01. The summed E-state index contributed by atoms with van der Waals surface area (Å²) in [5.74, 6) is 0. The zero-order valence-electron chi connectivity index (χ0n) is 14.6. The first-order valence-corrected chi connectivity index (χ1v) is 9.01. The Morgan fingerprint density at radius 1 is 0.923 bits per heavy atom. The van der Waals surface area contributed by atoms with Crippen molar-refractivity contribution in [1.29, 1.82) is 0 Å². The average molecular weight is 361 g/mol. The van der Waals surface area contributed by atoms with E-state index in [0.717, 1.165) is 31.4 Å². The molecule has 0 spiro atoms. The Hall–Kier alpha value is -2.58. The number of aromatic nitrogens is 1. The highest BCUT2D eigenvalue weighted by atomic mass is 35.5. The van der Waals surface area contributed by atoms with Gasteiger partial charge in [0.05, 0.1) is 17.1 Å². The van der Waals surface area contributed by atoms with Crippen LogP contribution >= 0.6 is 12.4 Å². The molecule has 0 unspecified atom stereocenters. The quantitative estimate of drug-likeness (QED) is 0.567. The van der Waals surface area contributed by atoms with Gasteiger partial charge in [-0.05, 0) is 54.5 Å². The molecule has 3 aromatic rings. The molecule has 2 aromatic carbocycles. The molecule has 2 nitrogen and oxygen atoms in total. The van der Waals surface area contributed by atoms with Crippen molar-refractivity contribution >= 4 is 29.9 Å². The molecule has 0 saturated carbocycles. The van der Waals surface area contributed by atoms with Crippen molar-refractivity contribution in [3.8, 4) is 5.69 Å². The van der Waals surface area contributed by atoms with E-state index < -0.39 is 0 Å². The number of aliphatic imine (C=N–C) groups is 1. The van der Waals surface area contributed by atoms with Crippen molar-refractivity contribution in [2.75, 3.05) is 0 Å². The number of nitrogens with zero attached hydrogens (tertiary/aromatic N) is 2. The van der Waals surface area contributed by atoms with E-state index in [0.29, 0.717) is 0 Å². The summed E-state index contributed by atoms with van der Waals surface area (Å²) in [5, 5.41) is 0. The van der Waals surface area contributed by atoms with Crippen LogP contribution in [0.3, 0.4) is 0 Å². The summed E-state index contributed by atoms with van der Waals surface area (Å²) in [5.41, 5.74) is 9.04. The highest BCUT2D eigenvalue weighted by molar-refractivity contribution is 6.12. The summed E-state index contributed by atoms with van der Waals surface area (Å²) in [6.45, 7) is 0. The highest BCUT2D eigenvalue weighted by Crippen LogP contribution is 2.37. The number of para-hydroxylation sites is 1. The number of aryl methyl sites for hydroxylation is 3. The Balaban J connectivity index is 0.00000168. The van der Waals surface area contributed by atoms with Gasteiger partial charge in [-0.25, -0.2) is 0 Å². The molecule has 3 heteroatoms. The SMILES string of the molecule is C1=Nc2c(CCc3ccccc3)cccc2-n2ccc3c2C1=CCC3.Cl. The standard InChI is InChI=1S/C23H20N2.ClH/c1-2-6-17(7-3-1)12-13-18-8-5-11-21-22(18)24-16-20-10-4-9-19-14-15-25(21)23(19)20;/h1-3,5-8,10-11,14-16H,4,9,12-13H2;1H. The lowest BCUT2D eigenvalue weighted by atomic mass is 9.98. The topological polar surface area (TPSA) is 17.3 Å². The molecule has 0 amide bonds. The first kappa shape index (κ1) is 16.9. The van der Waals surface area contributed by atoms with Gasteiger partial charge in [-0.2, -0.15) is 0 Å². The molecule has 2 aliphatic rings. The number of hydrogen-bond acceptors (Lipinski definition) is 1. The van der Waals surface area contributed by atoms with Gasteiger partial charge in [0.2, 0.25) is 0 Å². The zero-order valence-corrected chi connectivity index (χ0v) is 15.4. The molecular weight excluding hydrogens is 340 g/mol. The Kier molecular flexibility index (Phi) is 4.52. The third-order valence-corrected chi connectivity index (χ3v) is 5.24. The van der Waals surface area contributed by atoms with Gasteiger partial charge in [0, 0.05) is 18.0 Å². The van der Waals surface area contributed by atoms with E-state index in [1.165, 1.54) is 33.6 Å². The minimum Gasteiger partial charge on any atom is -0.314 e. The van der Waals surface area contributed by atoms with Gasteiger partial charge >= 0.3 is 0 Å².